The molecule has 0 spiro atoms. The first-order valence-electron chi connectivity index (χ1n) is 9.55. The van der Waals surface area contributed by atoms with Crippen molar-refractivity contribution in [2.45, 2.75) is 19.8 Å². The molecule has 0 aliphatic carbocycles. The van der Waals surface area contributed by atoms with E-state index in [-0.39, 0.29) is 5.92 Å². The van der Waals surface area contributed by atoms with Crippen LogP contribution in [-0.4, -0.2) is 17.8 Å². The first kappa shape index (κ1) is 20.2. The van der Waals surface area contributed by atoms with Crippen LogP contribution in [0.3, 0.4) is 0 Å². The van der Waals surface area contributed by atoms with Crippen molar-refractivity contribution in [3.8, 4) is 23.0 Å². The monoisotopic (exact) mass is 417 g/mol. The SMILES string of the molecule is CC(=O)Oc1ccc2c(c1)Oc1cc(OC(C)=O)ccc1C2c1ccccc1C(N)=O. The van der Waals surface area contributed by atoms with Crippen LogP contribution in [0.5, 0.6) is 23.0 Å². The number of fused-ring (bicyclic) bond motifs is 2. The van der Waals surface area contributed by atoms with E-state index in [1.807, 2.05) is 12.1 Å². The molecule has 0 saturated carbocycles. The summed E-state index contributed by atoms with van der Waals surface area (Å²) >= 11 is 0. The number of carbonyl (C=O) groups excluding carboxylic acids is 3. The van der Waals surface area contributed by atoms with E-state index in [1.54, 1.807) is 48.5 Å². The first-order chi connectivity index (χ1) is 14.8. The third-order valence-corrected chi connectivity index (χ3v) is 4.87. The summed E-state index contributed by atoms with van der Waals surface area (Å²) in [6.07, 6.45) is 0. The van der Waals surface area contributed by atoms with E-state index in [0.29, 0.717) is 34.1 Å². The predicted molar refractivity (Wildman–Crippen MR) is 111 cm³/mol. The summed E-state index contributed by atoms with van der Waals surface area (Å²) in [7, 11) is 0. The molecule has 0 saturated heterocycles. The lowest BCUT2D eigenvalue weighted by Crippen LogP contribution is -2.19. The van der Waals surface area contributed by atoms with Crippen LogP contribution in [0.2, 0.25) is 0 Å². The molecule has 3 aromatic carbocycles. The highest BCUT2D eigenvalue weighted by molar-refractivity contribution is 5.95. The van der Waals surface area contributed by atoms with Crippen LogP contribution in [0.4, 0.5) is 0 Å². The maximum absolute atomic E-state index is 12.1. The summed E-state index contributed by atoms with van der Waals surface area (Å²) in [4.78, 5) is 34.9. The molecule has 1 aliphatic rings. The molecule has 156 valence electrons. The molecule has 7 heteroatoms. The van der Waals surface area contributed by atoms with Gasteiger partial charge in [0, 0.05) is 48.6 Å². The number of hydrogen-bond donors (Lipinski definition) is 1. The van der Waals surface area contributed by atoms with Crippen LogP contribution < -0.4 is 19.9 Å². The summed E-state index contributed by atoms with van der Waals surface area (Å²) < 4.78 is 16.4. The topological polar surface area (TPSA) is 105 Å². The zero-order valence-corrected chi connectivity index (χ0v) is 16.9. The molecule has 2 N–H and O–H groups in total. The number of nitrogens with two attached hydrogens (primary N) is 1. The second-order valence-electron chi connectivity index (χ2n) is 7.07. The van der Waals surface area contributed by atoms with Gasteiger partial charge in [0.2, 0.25) is 5.91 Å². The lowest BCUT2D eigenvalue weighted by molar-refractivity contribution is -0.132. The molecule has 0 aromatic heterocycles. The number of amides is 1. The molecule has 0 fully saturated rings. The number of carbonyl (C=O) groups is 3. The quantitative estimate of drug-likeness (QED) is 0.399. The third kappa shape index (κ3) is 3.98. The summed E-state index contributed by atoms with van der Waals surface area (Å²) in [5.41, 5.74) is 8.28. The van der Waals surface area contributed by atoms with Crippen molar-refractivity contribution in [3.05, 3.63) is 82.9 Å². The summed E-state index contributed by atoms with van der Waals surface area (Å²) in [6, 6.07) is 17.2. The van der Waals surface area contributed by atoms with Crippen LogP contribution in [0.1, 0.15) is 46.8 Å². The van der Waals surface area contributed by atoms with Gasteiger partial charge in [0.05, 0.1) is 0 Å². The Labute approximate surface area is 178 Å². The van der Waals surface area contributed by atoms with Crippen molar-refractivity contribution in [2.75, 3.05) is 0 Å². The third-order valence-electron chi connectivity index (χ3n) is 4.87. The van der Waals surface area contributed by atoms with Crippen molar-refractivity contribution in [2.24, 2.45) is 5.73 Å². The summed E-state index contributed by atoms with van der Waals surface area (Å²) in [5, 5.41) is 0. The van der Waals surface area contributed by atoms with Gasteiger partial charge in [-0.05, 0) is 23.8 Å². The number of benzene rings is 3. The second-order valence-corrected chi connectivity index (χ2v) is 7.07. The van der Waals surface area contributed by atoms with Gasteiger partial charge in [-0.1, -0.05) is 30.3 Å². The molecule has 0 radical (unpaired) electrons. The fourth-order valence-electron chi connectivity index (χ4n) is 3.74. The summed E-state index contributed by atoms with van der Waals surface area (Å²) in [6.45, 7) is 2.62. The molecule has 0 unspecified atom stereocenters. The maximum atomic E-state index is 12.1. The number of primary amides is 1. The minimum atomic E-state index is -0.543. The average Bonchev–Trinajstić information content (AvgIpc) is 2.71. The zero-order chi connectivity index (χ0) is 22.1. The van der Waals surface area contributed by atoms with Crippen LogP contribution in [0.15, 0.2) is 60.7 Å². The Morgan fingerprint density at radius 2 is 1.29 bits per heavy atom. The van der Waals surface area contributed by atoms with Crippen LogP contribution in [-0.2, 0) is 9.59 Å². The maximum Gasteiger partial charge on any atom is 0.308 e. The Balaban J connectivity index is 1.91. The minimum absolute atomic E-state index is 0.327. The fraction of sp³-hybridized carbons (Fsp3) is 0.125. The molecule has 3 aromatic rings. The normalized spacial score (nSPS) is 12.2. The minimum Gasteiger partial charge on any atom is -0.456 e. The standard InChI is InChI=1S/C24H19NO6/c1-13(26)29-15-7-9-19-21(11-15)31-22-12-16(30-14(2)27)8-10-20(22)23(19)17-5-3-4-6-18(17)24(25)28/h3-12,23H,1-2H3,(H2,25,28). The average molecular weight is 417 g/mol. The van der Waals surface area contributed by atoms with E-state index in [9.17, 15) is 14.4 Å². The number of rotatable bonds is 4. The van der Waals surface area contributed by atoms with Gasteiger partial charge in [-0.15, -0.1) is 0 Å². The smallest absolute Gasteiger partial charge is 0.308 e. The molecule has 1 amide bonds. The molecule has 1 aliphatic heterocycles. The van der Waals surface area contributed by atoms with Crippen LogP contribution in [0, 0.1) is 0 Å². The largest absolute Gasteiger partial charge is 0.456 e. The van der Waals surface area contributed by atoms with Gasteiger partial charge in [0.25, 0.3) is 0 Å². The molecular weight excluding hydrogens is 398 g/mol. The Morgan fingerprint density at radius 3 is 1.77 bits per heavy atom. The van der Waals surface area contributed by atoms with Gasteiger partial charge in [-0.2, -0.15) is 0 Å². The number of esters is 2. The Hall–Kier alpha value is -4.13. The Kier molecular flexibility index (Phi) is 5.17. The van der Waals surface area contributed by atoms with E-state index in [0.717, 1.165) is 11.1 Å². The number of hydrogen-bond acceptors (Lipinski definition) is 6. The molecule has 4 rings (SSSR count). The van der Waals surface area contributed by atoms with Crippen LogP contribution in [0.25, 0.3) is 0 Å². The molecule has 0 bridgehead atoms. The molecule has 7 nitrogen and oxygen atoms in total. The van der Waals surface area contributed by atoms with Gasteiger partial charge in [0.15, 0.2) is 0 Å². The highest BCUT2D eigenvalue weighted by Gasteiger charge is 2.32. The van der Waals surface area contributed by atoms with E-state index in [1.165, 1.54) is 13.8 Å². The Morgan fingerprint density at radius 1 is 0.774 bits per heavy atom. The van der Waals surface area contributed by atoms with Crippen LogP contribution >= 0.6 is 0 Å². The zero-order valence-electron chi connectivity index (χ0n) is 16.9. The molecule has 31 heavy (non-hydrogen) atoms. The highest BCUT2D eigenvalue weighted by Crippen LogP contribution is 2.49. The van der Waals surface area contributed by atoms with Gasteiger partial charge >= 0.3 is 11.9 Å². The van der Waals surface area contributed by atoms with Crippen molar-refractivity contribution in [1.82, 2.24) is 0 Å². The molecular formula is C24H19NO6. The first-order valence-corrected chi connectivity index (χ1v) is 9.55. The van der Waals surface area contributed by atoms with E-state index >= 15 is 0 Å². The lowest BCUT2D eigenvalue weighted by atomic mass is 9.80. The van der Waals surface area contributed by atoms with Crippen molar-refractivity contribution in [3.63, 3.8) is 0 Å². The second kappa shape index (κ2) is 7.95. The van der Waals surface area contributed by atoms with Crippen molar-refractivity contribution < 1.29 is 28.6 Å². The van der Waals surface area contributed by atoms with E-state index < -0.39 is 17.8 Å². The van der Waals surface area contributed by atoms with Gasteiger partial charge in [-0.3, -0.25) is 14.4 Å². The fourth-order valence-corrected chi connectivity index (χ4v) is 3.74. The Bertz CT molecular complexity index is 1150. The predicted octanol–water partition coefficient (Wildman–Crippen LogP) is 3.92. The lowest BCUT2D eigenvalue weighted by Gasteiger charge is -2.30. The van der Waals surface area contributed by atoms with Gasteiger partial charge in [-0.25, -0.2) is 0 Å². The van der Waals surface area contributed by atoms with Crippen molar-refractivity contribution >= 4 is 17.8 Å². The molecule has 1 heterocycles. The highest BCUT2D eigenvalue weighted by atomic mass is 16.5. The van der Waals surface area contributed by atoms with Crippen molar-refractivity contribution in [1.29, 1.82) is 0 Å². The van der Waals surface area contributed by atoms with E-state index in [2.05, 4.69) is 0 Å². The van der Waals surface area contributed by atoms with Gasteiger partial charge in [0.1, 0.15) is 23.0 Å². The molecule has 0 atom stereocenters. The summed E-state index contributed by atoms with van der Waals surface area (Å²) in [5.74, 6) is -0.266. The van der Waals surface area contributed by atoms with E-state index in [4.69, 9.17) is 19.9 Å². The van der Waals surface area contributed by atoms with Gasteiger partial charge < -0.3 is 19.9 Å². The number of ether oxygens (including phenoxy) is 3.